The summed E-state index contributed by atoms with van der Waals surface area (Å²) in [6.45, 7) is 4.31. The van der Waals surface area contributed by atoms with E-state index in [-0.39, 0.29) is 0 Å². The van der Waals surface area contributed by atoms with Gasteiger partial charge in [-0.05, 0) is 47.9 Å². The molecule has 0 spiro atoms. The molecule has 2 aromatic rings. The number of rotatable bonds is 8. The number of para-hydroxylation sites is 2. The second-order valence-electron chi connectivity index (χ2n) is 6.23. The predicted molar refractivity (Wildman–Crippen MR) is 96.2 cm³/mol. The normalized spacial score (nSPS) is 10.9. The van der Waals surface area contributed by atoms with Crippen molar-refractivity contribution >= 4 is 0 Å². The Bertz CT molecular complexity index is 576. The molecule has 0 bridgehead atoms. The third kappa shape index (κ3) is 4.51. The molecule has 0 saturated carbocycles. The van der Waals surface area contributed by atoms with E-state index in [1.165, 1.54) is 0 Å². The molecule has 0 fully saturated rings. The van der Waals surface area contributed by atoms with Crippen LogP contribution in [0.1, 0.15) is 61.8 Å². The average Bonchev–Trinajstić information content (AvgIpc) is 2.56. The van der Waals surface area contributed by atoms with Gasteiger partial charge in [0.2, 0.25) is 0 Å². The van der Waals surface area contributed by atoms with Crippen LogP contribution in [-0.2, 0) is 19.3 Å². The van der Waals surface area contributed by atoms with Gasteiger partial charge in [0.1, 0.15) is 11.5 Å². The van der Waals surface area contributed by atoms with E-state index < -0.39 is 0 Å². The van der Waals surface area contributed by atoms with Gasteiger partial charge in [-0.2, -0.15) is 0 Å². The summed E-state index contributed by atoms with van der Waals surface area (Å²) in [6.07, 6.45) is 6.76. The van der Waals surface area contributed by atoms with Gasteiger partial charge in [-0.25, -0.2) is 0 Å². The first kappa shape index (κ1) is 17.4. The Balaban J connectivity index is 2.22. The SMILES string of the molecule is CCCCc1cccc(Cc2cccc(CCCC)c2O)c1O. The van der Waals surface area contributed by atoms with Crippen molar-refractivity contribution in [2.24, 2.45) is 0 Å². The third-order valence-electron chi connectivity index (χ3n) is 4.39. The van der Waals surface area contributed by atoms with E-state index in [0.29, 0.717) is 17.9 Å². The molecule has 0 aliphatic carbocycles. The van der Waals surface area contributed by atoms with Crippen LogP contribution < -0.4 is 0 Å². The van der Waals surface area contributed by atoms with Crippen molar-refractivity contribution in [3.63, 3.8) is 0 Å². The topological polar surface area (TPSA) is 40.5 Å². The summed E-state index contributed by atoms with van der Waals surface area (Å²) in [7, 11) is 0. The summed E-state index contributed by atoms with van der Waals surface area (Å²) in [5.74, 6) is 0.777. The van der Waals surface area contributed by atoms with Crippen LogP contribution in [0, 0.1) is 0 Å². The van der Waals surface area contributed by atoms with E-state index in [1.54, 1.807) is 0 Å². The molecule has 2 heteroatoms. The molecular formula is C21H28O2. The minimum absolute atomic E-state index is 0.388. The summed E-state index contributed by atoms with van der Waals surface area (Å²) in [5, 5.41) is 21.0. The molecular weight excluding hydrogens is 284 g/mol. The van der Waals surface area contributed by atoms with E-state index in [9.17, 15) is 10.2 Å². The summed E-state index contributed by atoms with van der Waals surface area (Å²) in [5.41, 5.74) is 3.79. The standard InChI is InChI=1S/C21H28O2/c1-3-5-9-16-11-7-13-18(20(16)22)15-19-14-8-12-17(21(19)23)10-6-4-2/h7-8,11-14,22-23H,3-6,9-10,15H2,1-2H3. The van der Waals surface area contributed by atoms with E-state index in [1.807, 2.05) is 36.4 Å². The summed E-state index contributed by atoms with van der Waals surface area (Å²) >= 11 is 0. The number of phenolic OH excluding ortho intramolecular Hbond substituents is 2. The zero-order chi connectivity index (χ0) is 16.7. The van der Waals surface area contributed by atoms with Gasteiger partial charge in [-0.3, -0.25) is 0 Å². The van der Waals surface area contributed by atoms with Crippen molar-refractivity contribution in [2.75, 3.05) is 0 Å². The van der Waals surface area contributed by atoms with Gasteiger partial charge >= 0.3 is 0 Å². The average molecular weight is 312 g/mol. The summed E-state index contributed by atoms with van der Waals surface area (Å²) < 4.78 is 0. The van der Waals surface area contributed by atoms with Crippen molar-refractivity contribution in [3.8, 4) is 11.5 Å². The number of phenols is 2. The molecule has 2 aromatic carbocycles. The van der Waals surface area contributed by atoms with E-state index in [4.69, 9.17) is 0 Å². The Morgan fingerprint density at radius 3 is 1.43 bits per heavy atom. The highest BCUT2D eigenvalue weighted by Crippen LogP contribution is 2.31. The molecule has 0 heterocycles. The van der Waals surface area contributed by atoms with Gasteiger partial charge < -0.3 is 10.2 Å². The lowest BCUT2D eigenvalue weighted by molar-refractivity contribution is 0.454. The van der Waals surface area contributed by atoms with Crippen molar-refractivity contribution in [3.05, 3.63) is 58.7 Å². The van der Waals surface area contributed by atoms with Crippen LogP contribution in [0.15, 0.2) is 36.4 Å². The third-order valence-corrected chi connectivity index (χ3v) is 4.39. The van der Waals surface area contributed by atoms with Crippen LogP contribution in [-0.4, -0.2) is 10.2 Å². The zero-order valence-electron chi connectivity index (χ0n) is 14.3. The summed E-state index contributed by atoms with van der Waals surface area (Å²) in [6, 6.07) is 11.9. The van der Waals surface area contributed by atoms with Crippen LogP contribution in [0.25, 0.3) is 0 Å². The summed E-state index contributed by atoms with van der Waals surface area (Å²) in [4.78, 5) is 0. The highest BCUT2D eigenvalue weighted by molar-refractivity contribution is 5.47. The fourth-order valence-corrected chi connectivity index (χ4v) is 2.92. The van der Waals surface area contributed by atoms with E-state index in [0.717, 1.165) is 60.8 Å². The van der Waals surface area contributed by atoms with Crippen molar-refractivity contribution in [1.29, 1.82) is 0 Å². The first-order valence-electron chi connectivity index (χ1n) is 8.76. The second kappa shape index (κ2) is 8.61. The van der Waals surface area contributed by atoms with Crippen molar-refractivity contribution in [1.82, 2.24) is 0 Å². The first-order chi connectivity index (χ1) is 11.2. The Labute approximate surface area is 139 Å². The Hall–Kier alpha value is -1.96. The van der Waals surface area contributed by atoms with Crippen LogP contribution in [0.2, 0.25) is 0 Å². The lowest BCUT2D eigenvalue weighted by Gasteiger charge is -2.12. The Morgan fingerprint density at radius 1 is 0.652 bits per heavy atom. The van der Waals surface area contributed by atoms with Gasteiger partial charge in [0.15, 0.2) is 0 Å². The lowest BCUT2D eigenvalue weighted by atomic mass is 9.96. The highest BCUT2D eigenvalue weighted by Gasteiger charge is 2.11. The minimum atomic E-state index is 0.388. The molecule has 2 N–H and O–H groups in total. The largest absolute Gasteiger partial charge is 0.507 e. The molecule has 2 rings (SSSR count). The fourth-order valence-electron chi connectivity index (χ4n) is 2.92. The maximum Gasteiger partial charge on any atom is 0.122 e. The van der Waals surface area contributed by atoms with Crippen molar-refractivity contribution in [2.45, 2.75) is 58.8 Å². The zero-order valence-corrected chi connectivity index (χ0v) is 14.3. The molecule has 2 nitrogen and oxygen atoms in total. The molecule has 0 unspecified atom stereocenters. The van der Waals surface area contributed by atoms with Crippen LogP contribution >= 0.6 is 0 Å². The van der Waals surface area contributed by atoms with E-state index >= 15 is 0 Å². The number of hydrogen-bond donors (Lipinski definition) is 2. The van der Waals surface area contributed by atoms with E-state index in [2.05, 4.69) is 13.8 Å². The number of benzene rings is 2. The number of hydrogen-bond acceptors (Lipinski definition) is 2. The lowest BCUT2D eigenvalue weighted by Crippen LogP contribution is -1.96. The molecule has 23 heavy (non-hydrogen) atoms. The maximum absolute atomic E-state index is 10.5. The molecule has 0 amide bonds. The van der Waals surface area contributed by atoms with Crippen LogP contribution in [0.4, 0.5) is 0 Å². The number of aromatic hydroxyl groups is 2. The monoisotopic (exact) mass is 312 g/mol. The fraction of sp³-hybridized carbons (Fsp3) is 0.429. The number of aryl methyl sites for hydroxylation is 2. The Kier molecular flexibility index (Phi) is 6.52. The predicted octanol–water partition coefficient (Wildman–Crippen LogP) is 5.37. The quantitative estimate of drug-likeness (QED) is 0.687. The van der Waals surface area contributed by atoms with Gasteiger partial charge in [-0.15, -0.1) is 0 Å². The molecule has 0 aliphatic rings. The van der Waals surface area contributed by atoms with Gasteiger partial charge in [-0.1, -0.05) is 63.1 Å². The molecule has 0 atom stereocenters. The number of unbranched alkanes of at least 4 members (excludes halogenated alkanes) is 2. The van der Waals surface area contributed by atoms with Gasteiger partial charge in [0, 0.05) is 6.42 Å². The maximum atomic E-state index is 10.5. The molecule has 0 aromatic heterocycles. The molecule has 0 aliphatic heterocycles. The highest BCUT2D eigenvalue weighted by atomic mass is 16.3. The molecule has 0 radical (unpaired) electrons. The molecule has 0 saturated heterocycles. The second-order valence-corrected chi connectivity index (χ2v) is 6.23. The van der Waals surface area contributed by atoms with Gasteiger partial charge in [0.05, 0.1) is 0 Å². The van der Waals surface area contributed by atoms with Crippen LogP contribution in [0.5, 0.6) is 11.5 Å². The van der Waals surface area contributed by atoms with Crippen LogP contribution in [0.3, 0.4) is 0 Å². The first-order valence-corrected chi connectivity index (χ1v) is 8.76. The Morgan fingerprint density at radius 2 is 1.04 bits per heavy atom. The van der Waals surface area contributed by atoms with Crippen molar-refractivity contribution < 1.29 is 10.2 Å². The molecule has 124 valence electrons. The minimum Gasteiger partial charge on any atom is -0.507 e. The van der Waals surface area contributed by atoms with Gasteiger partial charge in [0.25, 0.3) is 0 Å². The smallest absolute Gasteiger partial charge is 0.122 e.